The molecule has 60 valence electrons. The van der Waals surface area contributed by atoms with Gasteiger partial charge in [0, 0.05) is 6.54 Å². The van der Waals surface area contributed by atoms with Crippen LogP contribution in [0.3, 0.4) is 0 Å². The number of hydrogen-bond donors (Lipinski definition) is 0. The Labute approximate surface area is 66.4 Å². The number of nitrogens with zero attached hydrogens (tertiary/aromatic N) is 1. The Morgan fingerprint density at radius 2 is 2.10 bits per heavy atom. The smallest absolute Gasteiger partial charge is 0.00668 e. The summed E-state index contributed by atoms with van der Waals surface area (Å²) in [6.45, 7) is 4.85. The molecule has 1 fully saturated rings. The lowest BCUT2D eigenvalue weighted by atomic mass is 10.1. The molecule has 1 heterocycles. The third-order valence-electron chi connectivity index (χ3n) is 2.17. The highest BCUT2D eigenvalue weighted by molar-refractivity contribution is 7.19. The van der Waals surface area contributed by atoms with Crippen molar-refractivity contribution in [3.63, 3.8) is 0 Å². The summed E-state index contributed by atoms with van der Waals surface area (Å²) in [5.74, 6) is 0. The third-order valence-corrected chi connectivity index (χ3v) is 2.64. The Hall–Kier alpha value is 0.390. The van der Waals surface area contributed by atoms with E-state index in [1.54, 1.807) is 0 Å². The van der Waals surface area contributed by atoms with Gasteiger partial charge in [0.15, 0.2) is 0 Å². The van der Waals surface area contributed by atoms with Crippen LogP contribution in [0.2, 0.25) is 0 Å². The molecular formula is C8H18NP. The van der Waals surface area contributed by atoms with Crippen molar-refractivity contribution >= 4 is 9.24 Å². The third kappa shape index (κ3) is 2.56. The first kappa shape index (κ1) is 8.49. The second-order valence-electron chi connectivity index (χ2n) is 3.85. The Kier molecular flexibility index (Phi) is 2.71. The minimum absolute atomic E-state index is 0.477. The average molecular weight is 159 g/mol. The molecule has 0 N–H and O–H groups in total. The summed E-state index contributed by atoms with van der Waals surface area (Å²) in [7, 11) is 5.20. The minimum Gasteiger partial charge on any atom is -0.305 e. The Balaban J connectivity index is 2.46. The van der Waals surface area contributed by atoms with E-state index in [-0.39, 0.29) is 0 Å². The molecule has 1 saturated heterocycles. The Morgan fingerprint density at radius 3 is 2.80 bits per heavy atom. The van der Waals surface area contributed by atoms with E-state index in [0.717, 1.165) is 0 Å². The molecule has 1 aliphatic heterocycles. The van der Waals surface area contributed by atoms with E-state index in [9.17, 15) is 0 Å². The molecular weight excluding hydrogens is 141 g/mol. The molecule has 1 rings (SSSR count). The highest BCUT2D eigenvalue weighted by atomic mass is 31.0. The van der Waals surface area contributed by atoms with E-state index < -0.39 is 0 Å². The van der Waals surface area contributed by atoms with Gasteiger partial charge in [0.25, 0.3) is 0 Å². The van der Waals surface area contributed by atoms with E-state index in [4.69, 9.17) is 0 Å². The first-order chi connectivity index (χ1) is 4.60. The maximum absolute atomic E-state index is 2.98. The summed E-state index contributed by atoms with van der Waals surface area (Å²) >= 11 is 0. The van der Waals surface area contributed by atoms with Crippen molar-refractivity contribution in [2.24, 2.45) is 0 Å². The fourth-order valence-corrected chi connectivity index (χ4v) is 2.20. The fourth-order valence-electron chi connectivity index (χ4n) is 1.69. The number of likely N-dealkylation sites (tertiary alicyclic amines) is 1. The lowest BCUT2D eigenvalue weighted by molar-refractivity contribution is 0.325. The van der Waals surface area contributed by atoms with Crippen molar-refractivity contribution in [3.8, 4) is 0 Å². The number of hydrogen-bond acceptors (Lipinski definition) is 1. The first-order valence-corrected chi connectivity index (χ1v) is 4.65. The van der Waals surface area contributed by atoms with Crippen LogP contribution < -0.4 is 0 Å². The first-order valence-electron chi connectivity index (χ1n) is 4.08. The number of rotatable bonds is 0. The Morgan fingerprint density at radius 1 is 1.40 bits per heavy atom. The zero-order valence-electron chi connectivity index (χ0n) is 7.06. The van der Waals surface area contributed by atoms with Crippen molar-refractivity contribution < 1.29 is 0 Å². The molecule has 1 nitrogen and oxygen atoms in total. The van der Waals surface area contributed by atoms with E-state index in [2.05, 4.69) is 28.1 Å². The molecule has 2 atom stereocenters. The SMILES string of the molecule is CN1CCCCC(C)(P)C1. The molecule has 0 amide bonds. The zero-order valence-corrected chi connectivity index (χ0v) is 8.21. The van der Waals surface area contributed by atoms with Gasteiger partial charge < -0.3 is 4.90 Å². The molecule has 0 bridgehead atoms. The van der Waals surface area contributed by atoms with Crippen LogP contribution >= 0.6 is 9.24 Å². The predicted octanol–water partition coefficient (Wildman–Crippen LogP) is 1.74. The second-order valence-corrected chi connectivity index (χ2v) is 5.24. The summed E-state index contributed by atoms with van der Waals surface area (Å²) in [5.41, 5.74) is 0. The Bertz CT molecular complexity index is 112. The van der Waals surface area contributed by atoms with E-state index in [0.29, 0.717) is 5.16 Å². The van der Waals surface area contributed by atoms with Gasteiger partial charge in [0.2, 0.25) is 0 Å². The summed E-state index contributed by atoms with van der Waals surface area (Å²) in [5, 5.41) is 0.477. The summed E-state index contributed by atoms with van der Waals surface area (Å²) in [6, 6.07) is 0. The van der Waals surface area contributed by atoms with Crippen molar-refractivity contribution in [2.45, 2.75) is 31.3 Å². The molecule has 1 aliphatic rings. The molecule has 0 spiro atoms. The molecule has 10 heavy (non-hydrogen) atoms. The van der Waals surface area contributed by atoms with Crippen LogP contribution in [0.5, 0.6) is 0 Å². The van der Waals surface area contributed by atoms with Gasteiger partial charge in [-0.05, 0) is 31.6 Å². The van der Waals surface area contributed by atoms with Gasteiger partial charge in [-0.25, -0.2) is 0 Å². The molecule has 0 radical (unpaired) electrons. The van der Waals surface area contributed by atoms with Crippen LogP contribution in [0, 0.1) is 0 Å². The topological polar surface area (TPSA) is 3.24 Å². The van der Waals surface area contributed by atoms with Crippen LogP contribution in [0.1, 0.15) is 26.2 Å². The van der Waals surface area contributed by atoms with Crippen molar-refractivity contribution in [1.82, 2.24) is 4.90 Å². The normalized spacial score (nSPS) is 37.5. The van der Waals surface area contributed by atoms with E-state index in [1.807, 2.05) is 0 Å². The highest BCUT2D eigenvalue weighted by Gasteiger charge is 2.22. The van der Waals surface area contributed by atoms with Crippen LogP contribution in [0.15, 0.2) is 0 Å². The predicted molar refractivity (Wildman–Crippen MR) is 49.5 cm³/mol. The van der Waals surface area contributed by atoms with Crippen molar-refractivity contribution in [1.29, 1.82) is 0 Å². The van der Waals surface area contributed by atoms with Crippen molar-refractivity contribution in [2.75, 3.05) is 20.1 Å². The minimum atomic E-state index is 0.477. The van der Waals surface area contributed by atoms with Gasteiger partial charge in [-0.2, -0.15) is 0 Å². The van der Waals surface area contributed by atoms with Gasteiger partial charge in [0.05, 0.1) is 0 Å². The molecule has 0 saturated carbocycles. The standard InChI is InChI=1S/C8H18NP/c1-8(10)5-3-4-6-9(2)7-8/h3-7,10H2,1-2H3. The molecule has 2 heteroatoms. The van der Waals surface area contributed by atoms with Crippen LogP contribution in [0.25, 0.3) is 0 Å². The van der Waals surface area contributed by atoms with Gasteiger partial charge in [-0.1, -0.05) is 13.3 Å². The van der Waals surface area contributed by atoms with Gasteiger partial charge in [0.1, 0.15) is 0 Å². The lowest BCUT2D eigenvalue weighted by Crippen LogP contribution is -2.31. The molecule has 0 aromatic rings. The summed E-state index contributed by atoms with van der Waals surface area (Å²) < 4.78 is 0. The van der Waals surface area contributed by atoms with Crippen LogP contribution in [0.4, 0.5) is 0 Å². The van der Waals surface area contributed by atoms with Crippen LogP contribution in [-0.4, -0.2) is 30.2 Å². The lowest BCUT2D eigenvalue weighted by Gasteiger charge is -2.26. The quantitative estimate of drug-likeness (QED) is 0.486. The van der Waals surface area contributed by atoms with E-state index >= 15 is 0 Å². The largest absolute Gasteiger partial charge is 0.305 e. The summed E-state index contributed by atoms with van der Waals surface area (Å²) in [4.78, 5) is 2.43. The zero-order chi connectivity index (χ0) is 7.61. The molecule has 0 aliphatic carbocycles. The van der Waals surface area contributed by atoms with Crippen molar-refractivity contribution in [3.05, 3.63) is 0 Å². The molecule has 0 aromatic heterocycles. The van der Waals surface area contributed by atoms with Gasteiger partial charge in [-0.3, -0.25) is 0 Å². The maximum Gasteiger partial charge on any atom is 0.00668 e. The molecule has 0 aromatic carbocycles. The monoisotopic (exact) mass is 159 g/mol. The van der Waals surface area contributed by atoms with Crippen LogP contribution in [-0.2, 0) is 0 Å². The molecule has 2 unspecified atom stereocenters. The summed E-state index contributed by atoms with van der Waals surface area (Å²) in [6.07, 6.45) is 4.13. The highest BCUT2D eigenvalue weighted by Crippen LogP contribution is 2.27. The van der Waals surface area contributed by atoms with E-state index in [1.165, 1.54) is 32.4 Å². The average Bonchev–Trinajstić information content (AvgIpc) is 1.90. The fraction of sp³-hybridized carbons (Fsp3) is 1.00. The maximum atomic E-state index is 2.98. The van der Waals surface area contributed by atoms with Gasteiger partial charge >= 0.3 is 0 Å². The van der Waals surface area contributed by atoms with Gasteiger partial charge in [-0.15, -0.1) is 9.24 Å². The second kappa shape index (κ2) is 3.19.